The molecule has 1 fully saturated rings. The van der Waals surface area contributed by atoms with E-state index in [0.717, 1.165) is 34.1 Å². The van der Waals surface area contributed by atoms with E-state index in [-0.39, 0.29) is 24.3 Å². The maximum Gasteiger partial charge on any atom is 0.269 e. The minimum atomic E-state index is -0.396. The van der Waals surface area contributed by atoms with Gasteiger partial charge in [-0.25, -0.2) is 0 Å². The number of piperazine rings is 1. The normalized spacial score (nSPS) is 15.5. The van der Waals surface area contributed by atoms with Crippen molar-refractivity contribution < 1.29 is 19.2 Å². The molecule has 2 aliphatic heterocycles. The number of carbonyl (C=O) groups excluding carboxylic acids is 1. The number of non-ortho nitro benzene ring substituents is 1. The first-order valence-electron chi connectivity index (χ1n) is 13.3. The number of aromatic nitrogens is 1. The number of H-pyrrole nitrogens is 1. The third kappa shape index (κ3) is 4.65. The Kier molecular flexibility index (Phi) is 6.56. The monoisotopic (exact) mass is 526 g/mol. The van der Waals surface area contributed by atoms with Crippen LogP contribution in [0.1, 0.15) is 36.0 Å². The van der Waals surface area contributed by atoms with Crippen LogP contribution >= 0.6 is 0 Å². The molecule has 1 amide bonds. The van der Waals surface area contributed by atoms with Crippen LogP contribution < -0.4 is 14.4 Å². The average Bonchev–Trinajstić information content (AvgIpc) is 3.63. The van der Waals surface area contributed by atoms with E-state index in [1.54, 1.807) is 12.1 Å². The van der Waals surface area contributed by atoms with Gasteiger partial charge in [0.25, 0.3) is 5.69 Å². The number of nitrogens with zero attached hydrogens (tertiary/aromatic N) is 3. The second-order valence-corrected chi connectivity index (χ2v) is 9.92. The summed E-state index contributed by atoms with van der Waals surface area (Å²) in [7, 11) is 0. The molecule has 0 bridgehead atoms. The summed E-state index contributed by atoms with van der Waals surface area (Å²) in [6, 6.07) is 18.8. The molecule has 9 nitrogen and oxygen atoms in total. The van der Waals surface area contributed by atoms with Gasteiger partial charge in [0.1, 0.15) is 0 Å². The van der Waals surface area contributed by atoms with Gasteiger partial charge in [-0.1, -0.05) is 37.3 Å². The van der Waals surface area contributed by atoms with E-state index in [2.05, 4.69) is 35.0 Å². The lowest BCUT2D eigenvalue weighted by Crippen LogP contribution is -2.49. The summed E-state index contributed by atoms with van der Waals surface area (Å²) in [6.07, 6.45) is 3.25. The topological polar surface area (TPSA) is 101 Å². The molecule has 6 rings (SSSR count). The van der Waals surface area contributed by atoms with Crippen molar-refractivity contribution in [2.24, 2.45) is 0 Å². The highest BCUT2D eigenvalue weighted by Gasteiger charge is 2.31. The number of anilines is 1. The van der Waals surface area contributed by atoms with Crippen molar-refractivity contribution in [2.75, 3.05) is 37.9 Å². The molecule has 3 aromatic carbocycles. The molecule has 1 atom stereocenters. The highest BCUT2D eigenvalue weighted by atomic mass is 16.7. The van der Waals surface area contributed by atoms with Crippen LogP contribution in [0.4, 0.5) is 11.4 Å². The maximum absolute atomic E-state index is 13.7. The molecular weight excluding hydrogens is 496 g/mol. The van der Waals surface area contributed by atoms with Crippen molar-refractivity contribution in [1.82, 2.24) is 9.88 Å². The van der Waals surface area contributed by atoms with Crippen LogP contribution in [-0.4, -0.2) is 53.7 Å². The molecule has 9 heteroatoms. The van der Waals surface area contributed by atoms with Crippen molar-refractivity contribution in [1.29, 1.82) is 0 Å². The Labute approximate surface area is 226 Å². The SMILES string of the molecule is CCc1cccc2c([C@@H](CC(=O)N3CCN(c4ccc([N+](=O)[O-])cc4)CC3)c3cccc4c3OCO4)c[nH]c12. The number of rotatable bonds is 7. The summed E-state index contributed by atoms with van der Waals surface area (Å²) < 4.78 is 11.5. The summed E-state index contributed by atoms with van der Waals surface area (Å²) in [5.41, 5.74) is 5.36. The predicted octanol–water partition coefficient (Wildman–Crippen LogP) is 5.24. The van der Waals surface area contributed by atoms with Crippen molar-refractivity contribution in [2.45, 2.75) is 25.7 Å². The first-order valence-corrected chi connectivity index (χ1v) is 13.3. The van der Waals surface area contributed by atoms with Crippen molar-refractivity contribution in [3.8, 4) is 11.5 Å². The molecule has 1 N–H and O–H groups in total. The molecule has 0 aliphatic carbocycles. The Balaban J connectivity index is 1.25. The molecule has 0 radical (unpaired) electrons. The summed E-state index contributed by atoms with van der Waals surface area (Å²) in [5.74, 6) is 1.29. The van der Waals surface area contributed by atoms with Gasteiger partial charge in [-0.3, -0.25) is 14.9 Å². The number of nitro groups is 1. The van der Waals surface area contributed by atoms with E-state index in [1.165, 1.54) is 17.7 Å². The van der Waals surface area contributed by atoms with Gasteiger partial charge in [0.2, 0.25) is 12.7 Å². The highest BCUT2D eigenvalue weighted by molar-refractivity contribution is 5.88. The highest BCUT2D eigenvalue weighted by Crippen LogP contribution is 2.44. The van der Waals surface area contributed by atoms with Gasteiger partial charge < -0.3 is 24.3 Å². The number of para-hydroxylation sites is 2. The van der Waals surface area contributed by atoms with Gasteiger partial charge in [-0.2, -0.15) is 0 Å². The third-order valence-corrected chi connectivity index (χ3v) is 7.83. The van der Waals surface area contributed by atoms with Crippen molar-refractivity contribution in [3.63, 3.8) is 0 Å². The number of benzene rings is 3. The number of carbonyl (C=O) groups is 1. The van der Waals surface area contributed by atoms with E-state index < -0.39 is 4.92 Å². The van der Waals surface area contributed by atoms with Crippen LogP contribution in [0.15, 0.2) is 66.9 Å². The number of nitrogens with one attached hydrogen (secondary N) is 1. The first kappa shape index (κ1) is 24.8. The molecule has 39 heavy (non-hydrogen) atoms. The maximum atomic E-state index is 13.7. The zero-order valence-corrected chi connectivity index (χ0v) is 21.8. The minimum absolute atomic E-state index is 0.0729. The molecular formula is C30H30N4O5. The van der Waals surface area contributed by atoms with Crippen LogP contribution in [0.2, 0.25) is 0 Å². The third-order valence-electron chi connectivity index (χ3n) is 7.83. The molecule has 200 valence electrons. The van der Waals surface area contributed by atoms with E-state index in [0.29, 0.717) is 44.1 Å². The Bertz CT molecular complexity index is 1520. The number of hydrogen-bond donors (Lipinski definition) is 1. The molecule has 4 aromatic rings. The molecule has 1 aromatic heterocycles. The molecule has 3 heterocycles. The van der Waals surface area contributed by atoms with Crippen LogP contribution in [0.5, 0.6) is 11.5 Å². The summed E-state index contributed by atoms with van der Waals surface area (Å²) >= 11 is 0. The lowest BCUT2D eigenvalue weighted by atomic mass is 9.86. The smallest absolute Gasteiger partial charge is 0.269 e. The molecule has 0 spiro atoms. The fourth-order valence-corrected chi connectivity index (χ4v) is 5.74. The number of aryl methyl sites for hydroxylation is 1. The number of amides is 1. The zero-order valence-electron chi connectivity index (χ0n) is 21.8. The minimum Gasteiger partial charge on any atom is -0.454 e. The number of aromatic amines is 1. The largest absolute Gasteiger partial charge is 0.454 e. The van der Waals surface area contributed by atoms with Crippen molar-refractivity contribution >= 4 is 28.2 Å². The molecule has 0 unspecified atom stereocenters. The zero-order chi connectivity index (χ0) is 26.9. The van der Waals surface area contributed by atoms with E-state index in [4.69, 9.17) is 9.47 Å². The molecule has 2 aliphatic rings. The fourth-order valence-electron chi connectivity index (χ4n) is 5.74. The van der Waals surface area contributed by atoms with Gasteiger partial charge in [-0.05, 0) is 35.7 Å². The summed E-state index contributed by atoms with van der Waals surface area (Å²) in [5, 5.41) is 12.1. The molecule has 1 saturated heterocycles. The van der Waals surface area contributed by atoms with Gasteiger partial charge in [0, 0.05) is 79.0 Å². The van der Waals surface area contributed by atoms with Crippen LogP contribution in [0, 0.1) is 10.1 Å². The van der Waals surface area contributed by atoms with Crippen molar-refractivity contribution in [3.05, 3.63) is 93.7 Å². The van der Waals surface area contributed by atoms with Crippen LogP contribution in [0.25, 0.3) is 10.9 Å². The number of fused-ring (bicyclic) bond motifs is 2. The quantitative estimate of drug-likeness (QED) is 0.261. The van der Waals surface area contributed by atoms with Gasteiger partial charge in [0.05, 0.1) is 4.92 Å². The van der Waals surface area contributed by atoms with Gasteiger partial charge in [0.15, 0.2) is 11.5 Å². The second kappa shape index (κ2) is 10.3. The molecule has 0 saturated carbocycles. The first-order chi connectivity index (χ1) is 19.0. The Morgan fingerprint density at radius 2 is 1.77 bits per heavy atom. The second-order valence-electron chi connectivity index (χ2n) is 9.92. The fraction of sp³-hybridized carbons (Fsp3) is 0.300. The number of hydrogen-bond acceptors (Lipinski definition) is 6. The van der Waals surface area contributed by atoms with Crippen LogP contribution in [-0.2, 0) is 11.2 Å². The van der Waals surface area contributed by atoms with Crippen LogP contribution in [0.3, 0.4) is 0 Å². The summed E-state index contributed by atoms with van der Waals surface area (Å²) in [6.45, 7) is 4.82. The van der Waals surface area contributed by atoms with E-state index >= 15 is 0 Å². The Morgan fingerprint density at radius 1 is 1.00 bits per heavy atom. The average molecular weight is 527 g/mol. The summed E-state index contributed by atoms with van der Waals surface area (Å²) in [4.78, 5) is 31.9. The van der Waals surface area contributed by atoms with Gasteiger partial charge in [-0.15, -0.1) is 0 Å². The Hall–Kier alpha value is -4.53. The predicted molar refractivity (Wildman–Crippen MR) is 149 cm³/mol. The Morgan fingerprint density at radius 3 is 2.51 bits per heavy atom. The number of ether oxygens (including phenoxy) is 2. The van der Waals surface area contributed by atoms with E-state index in [1.807, 2.05) is 29.3 Å². The lowest BCUT2D eigenvalue weighted by Gasteiger charge is -2.36. The standard InChI is InChI=1S/C30H30N4O5/c1-2-20-5-3-6-23-26(18-31-29(20)23)25(24-7-4-8-27-30(24)39-19-38-27)17-28(35)33-15-13-32(14-16-33)21-9-11-22(12-10-21)34(36)37/h3-12,18,25,31H,2,13-17,19H2,1H3/t25-/m0/s1. The number of nitro benzene ring substituents is 1. The van der Waals surface area contributed by atoms with Gasteiger partial charge >= 0.3 is 0 Å². The lowest BCUT2D eigenvalue weighted by molar-refractivity contribution is -0.384. The van der Waals surface area contributed by atoms with E-state index in [9.17, 15) is 14.9 Å².